The second-order valence-corrected chi connectivity index (χ2v) is 11.8. The minimum Gasteiger partial charge on any atom is -0.378 e. The van der Waals surface area contributed by atoms with Gasteiger partial charge < -0.3 is 14.5 Å². The van der Waals surface area contributed by atoms with Crippen LogP contribution in [-0.2, 0) is 17.1 Å². The molecule has 238 valence electrons. The first kappa shape index (κ1) is 33.3. The first-order valence-electron chi connectivity index (χ1n) is 14.0. The van der Waals surface area contributed by atoms with Crippen molar-refractivity contribution in [3.63, 3.8) is 0 Å². The number of amides is 2. The van der Waals surface area contributed by atoms with Crippen LogP contribution in [0, 0.1) is 12.7 Å². The maximum atomic E-state index is 14.1. The van der Waals surface area contributed by atoms with Crippen LogP contribution >= 0.6 is 12.4 Å². The van der Waals surface area contributed by atoms with Crippen molar-refractivity contribution >= 4 is 18.4 Å². The van der Waals surface area contributed by atoms with Gasteiger partial charge in [0, 0.05) is 31.7 Å². The SMILES string of the molecule is Cc1cc(F)ccc1[C@H]1C[C@]2(CC[C@@H]3COCCN32)CCN1C(=O)N(C)[C@H](C)c1cc(C(F)(F)F)cc(C(F)(F)F)c1.Cl. The van der Waals surface area contributed by atoms with Gasteiger partial charge in [-0.05, 0) is 86.6 Å². The van der Waals surface area contributed by atoms with Crippen molar-refractivity contribution in [2.45, 2.75) is 75.5 Å². The molecule has 5 nitrogen and oxygen atoms in total. The Morgan fingerprint density at radius 1 is 1.02 bits per heavy atom. The van der Waals surface area contributed by atoms with Crippen molar-refractivity contribution in [2.24, 2.45) is 0 Å². The summed E-state index contributed by atoms with van der Waals surface area (Å²) < 4.78 is 101. The van der Waals surface area contributed by atoms with Crippen LogP contribution in [0.3, 0.4) is 0 Å². The summed E-state index contributed by atoms with van der Waals surface area (Å²) in [5.74, 6) is -0.412. The molecule has 2 amide bonds. The highest BCUT2D eigenvalue weighted by atomic mass is 35.5. The Kier molecular flexibility index (Phi) is 9.36. The average molecular weight is 638 g/mol. The van der Waals surface area contributed by atoms with E-state index in [-0.39, 0.29) is 35.6 Å². The Morgan fingerprint density at radius 2 is 1.67 bits per heavy atom. The molecule has 3 fully saturated rings. The normalized spacial score (nSPS) is 25.3. The van der Waals surface area contributed by atoms with Crippen molar-refractivity contribution in [3.05, 3.63) is 70.0 Å². The van der Waals surface area contributed by atoms with Crippen LogP contribution in [0.5, 0.6) is 0 Å². The van der Waals surface area contributed by atoms with Gasteiger partial charge in [-0.25, -0.2) is 9.18 Å². The molecule has 4 atom stereocenters. The number of alkyl halides is 6. The molecule has 43 heavy (non-hydrogen) atoms. The fraction of sp³-hybridized carbons (Fsp3) is 0.567. The van der Waals surface area contributed by atoms with E-state index in [0.29, 0.717) is 50.3 Å². The molecule has 0 N–H and O–H groups in total. The lowest BCUT2D eigenvalue weighted by molar-refractivity contribution is -0.143. The predicted molar refractivity (Wildman–Crippen MR) is 148 cm³/mol. The van der Waals surface area contributed by atoms with E-state index in [9.17, 15) is 35.5 Å². The van der Waals surface area contributed by atoms with E-state index < -0.39 is 47.4 Å². The van der Waals surface area contributed by atoms with Gasteiger partial charge in [0.1, 0.15) is 5.82 Å². The van der Waals surface area contributed by atoms with Gasteiger partial charge in [-0.15, -0.1) is 12.4 Å². The number of hydrogen-bond acceptors (Lipinski definition) is 3. The Labute approximate surface area is 252 Å². The zero-order chi connectivity index (χ0) is 30.6. The topological polar surface area (TPSA) is 36.0 Å². The van der Waals surface area contributed by atoms with Crippen LogP contribution in [0.1, 0.15) is 72.5 Å². The van der Waals surface area contributed by atoms with Gasteiger partial charge in [0.25, 0.3) is 0 Å². The van der Waals surface area contributed by atoms with Crippen LogP contribution in [0.4, 0.5) is 35.5 Å². The van der Waals surface area contributed by atoms with E-state index in [1.807, 2.05) is 0 Å². The second kappa shape index (κ2) is 12.1. The molecule has 5 rings (SSSR count). The number of ether oxygens (including phenoxy) is 1. The first-order chi connectivity index (χ1) is 19.6. The molecule has 0 radical (unpaired) electrons. The Bertz CT molecular complexity index is 1310. The molecule has 0 aliphatic carbocycles. The number of carbonyl (C=O) groups is 1. The maximum absolute atomic E-state index is 14.1. The molecule has 13 heteroatoms. The number of fused-ring (bicyclic) bond motifs is 2. The maximum Gasteiger partial charge on any atom is 0.416 e. The van der Waals surface area contributed by atoms with E-state index in [1.54, 1.807) is 17.9 Å². The number of carbonyl (C=O) groups excluding carboxylic acids is 1. The Hall–Kier alpha value is -2.57. The molecular formula is C30H35ClF7N3O2. The molecule has 2 aromatic rings. The third kappa shape index (κ3) is 6.47. The van der Waals surface area contributed by atoms with Crippen LogP contribution in [0.15, 0.2) is 36.4 Å². The highest BCUT2D eigenvalue weighted by Gasteiger charge is 2.52. The van der Waals surface area contributed by atoms with Gasteiger partial charge in [0.2, 0.25) is 0 Å². The Balaban J connectivity index is 0.00000423. The number of halogens is 8. The van der Waals surface area contributed by atoms with E-state index in [0.717, 1.165) is 24.9 Å². The summed E-state index contributed by atoms with van der Waals surface area (Å²) >= 11 is 0. The summed E-state index contributed by atoms with van der Waals surface area (Å²) in [6, 6.07) is 4.00. The monoisotopic (exact) mass is 637 g/mol. The summed E-state index contributed by atoms with van der Waals surface area (Å²) in [5.41, 5.74) is -1.90. The minimum absolute atomic E-state index is 0. The molecule has 1 spiro atoms. The average Bonchev–Trinajstić information content (AvgIpc) is 3.28. The molecule has 0 bridgehead atoms. The van der Waals surface area contributed by atoms with Gasteiger partial charge in [0.05, 0.1) is 36.4 Å². The van der Waals surface area contributed by atoms with Crippen molar-refractivity contribution in [2.75, 3.05) is 33.4 Å². The lowest BCUT2D eigenvalue weighted by atomic mass is 9.78. The fourth-order valence-corrected chi connectivity index (χ4v) is 6.97. The van der Waals surface area contributed by atoms with Gasteiger partial charge in [-0.3, -0.25) is 4.90 Å². The predicted octanol–water partition coefficient (Wildman–Crippen LogP) is 7.78. The lowest BCUT2D eigenvalue weighted by Crippen LogP contribution is -2.59. The molecule has 2 aromatic carbocycles. The number of urea groups is 1. The summed E-state index contributed by atoms with van der Waals surface area (Å²) in [6.07, 6.45) is -6.89. The van der Waals surface area contributed by atoms with Crippen molar-refractivity contribution in [3.8, 4) is 0 Å². The number of likely N-dealkylation sites (tertiary alicyclic amines) is 1. The number of hydrogen-bond donors (Lipinski definition) is 0. The lowest BCUT2D eigenvalue weighted by Gasteiger charge is -2.52. The van der Waals surface area contributed by atoms with E-state index in [4.69, 9.17) is 4.74 Å². The molecule has 3 aliphatic heterocycles. The molecule has 0 unspecified atom stereocenters. The zero-order valence-corrected chi connectivity index (χ0v) is 24.9. The highest BCUT2D eigenvalue weighted by molar-refractivity contribution is 5.85. The fourth-order valence-electron chi connectivity index (χ4n) is 6.97. The van der Waals surface area contributed by atoms with E-state index in [1.165, 1.54) is 31.0 Å². The van der Waals surface area contributed by atoms with Gasteiger partial charge >= 0.3 is 18.4 Å². The number of rotatable bonds is 3. The van der Waals surface area contributed by atoms with Crippen LogP contribution in [0.25, 0.3) is 0 Å². The molecule has 3 aliphatic rings. The summed E-state index contributed by atoms with van der Waals surface area (Å²) in [5, 5.41) is 0. The smallest absolute Gasteiger partial charge is 0.378 e. The largest absolute Gasteiger partial charge is 0.416 e. The number of morpholine rings is 1. The van der Waals surface area contributed by atoms with E-state index in [2.05, 4.69) is 4.90 Å². The number of aryl methyl sites for hydroxylation is 1. The molecule has 3 saturated heterocycles. The van der Waals surface area contributed by atoms with Crippen LogP contribution in [-0.4, -0.2) is 65.7 Å². The van der Waals surface area contributed by atoms with Gasteiger partial charge in [-0.2, -0.15) is 26.3 Å². The van der Waals surface area contributed by atoms with Crippen LogP contribution in [0.2, 0.25) is 0 Å². The number of nitrogens with zero attached hydrogens (tertiary/aromatic N) is 3. The zero-order valence-electron chi connectivity index (χ0n) is 24.1. The van der Waals surface area contributed by atoms with Crippen molar-refractivity contribution in [1.82, 2.24) is 14.7 Å². The third-order valence-electron chi connectivity index (χ3n) is 9.36. The summed E-state index contributed by atoms with van der Waals surface area (Å²) in [6.45, 7) is 5.52. The standard InChI is InChI=1S/C30H34F7N3O2.ClH/c1-18-12-23(31)4-5-25(18)26-16-28(7-6-24-17-42-11-10-40(24)28)8-9-39(26)27(41)38(3)19(2)20-13-21(29(32,33)34)15-22(14-20)30(35,36)37;/h4-5,12-15,19,24,26H,6-11,16-17H2,1-3H3;1H/t19-,24-,26-,28+;/m1./s1. The Morgan fingerprint density at radius 3 is 2.28 bits per heavy atom. The van der Waals surface area contributed by atoms with Crippen molar-refractivity contribution in [1.29, 1.82) is 0 Å². The molecule has 0 aromatic heterocycles. The third-order valence-corrected chi connectivity index (χ3v) is 9.36. The minimum atomic E-state index is -5.00. The van der Waals surface area contributed by atoms with Gasteiger partial charge in [0.15, 0.2) is 0 Å². The second-order valence-electron chi connectivity index (χ2n) is 11.8. The first-order valence-corrected chi connectivity index (χ1v) is 14.0. The summed E-state index contributed by atoms with van der Waals surface area (Å²) in [7, 11) is 1.38. The molecular weight excluding hydrogens is 603 g/mol. The molecule has 3 heterocycles. The molecule has 0 saturated carbocycles. The quantitative estimate of drug-likeness (QED) is 0.323. The van der Waals surface area contributed by atoms with Crippen LogP contribution < -0.4 is 0 Å². The summed E-state index contributed by atoms with van der Waals surface area (Å²) in [4.78, 5) is 19.3. The number of benzene rings is 2. The van der Waals surface area contributed by atoms with Gasteiger partial charge in [-0.1, -0.05) is 6.07 Å². The number of piperidine rings is 1. The highest BCUT2D eigenvalue weighted by Crippen LogP contribution is 2.49. The van der Waals surface area contributed by atoms with E-state index >= 15 is 0 Å². The van der Waals surface area contributed by atoms with Crippen molar-refractivity contribution < 1.29 is 40.3 Å².